The zero-order valence-corrected chi connectivity index (χ0v) is 14.6. The van der Waals surface area contributed by atoms with Gasteiger partial charge in [0.25, 0.3) is 5.91 Å². The Morgan fingerprint density at radius 3 is 2.52 bits per heavy atom. The average molecular weight is 363 g/mol. The van der Waals surface area contributed by atoms with Crippen molar-refractivity contribution in [1.29, 1.82) is 0 Å². The summed E-state index contributed by atoms with van der Waals surface area (Å²) in [5, 5.41) is 14.0. The fourth-order valence-corrected chi connectivity index (χ4v) is 3.12. The van der Waals surface area contributed by atoms with Gasteiger partial charge in [0, 0.05) is 51.0 Å². The van der Waals surface area contributed by atoms with E-state index in [-0.39, 0.29) is 17.2 Å². The number of hydrogen-bond acceptors (Lipinski definition) is 4. The van der Waals surface area contributed by atoms with Gasteiger partial charge in [0.2, 0.25) is 0 Å². The number of nitrogens with zero attached hydrogens (tertiary/aromatic N) is 4. The number of amides is 1. The monoisotopic (exact) mass is 362 g/mol. The molecule has 1 aromatic carbocycles. The summed E-state index contributed by atoms with van der Waals surface area (Å²) in [6, 6.07) is 7.71. The first-order chi connectivity index (χ1) is 12.0. The van der Waals surface area contributed by atoms with Crippen molar-refractivity contribution >= 4 is 23.5 Å². The molecule has 3 rings (SSSR count). The second kappa shape index (κ2) is 7.25. The average Bonchev–Trinajstić information content (AvgIpc) is 2.99. The molecule has 2 aromatic rings. The Morgan fingerprint density at radius 1 is 1.20 bits per heavy atom. The van der Waals surface area contributed by atoms with E-state index in [1.807, 2.05) is 24.3 Å². The number of aromatic nitrogens is 2. The standard InChI is InChI=1S/C17H19ClN4O3/c1-20-11-13(17(24)25)15(19-20)16(23)22-8-6-21(7-9-22)10-12-4-2-3-5-14(12)18/h2-5,11H,6-10H2,1H3,(H,24,25). The molecule has 7 nitrogen and oxygen atoms in total. The molecule has 1 saturated heterocycles. The summed E-state index contributed by atoms with van der Waals surface area (Å²) >= 11 is 6.19. The number of carbonyl (C=O) groups excluding carboxylic acids is 1. The van der Waals surface area contributed by atoms with Crippen LogP contribution < -0.4 is 0 Å². The first-order valence-electron chi connectivity index (χ1n) is 7.97. The first kappa shape index (κ1) is 17.4. The lowest BCUT2D eigenvalue weighted by Gasteiger charge is -2.34. The third-order valence-corrected chi connectivity index (χ3v) is 4.64. The van der Waals surface area contributed by atoms with E-state index >= 15 is 0 Å². The van der Waals surface area contributed by atoms with Crippen molar-refractivity contribution in [3.05, 3.63) is 52.3 Å². The molecule has 1 fully saturated rings. The molecule has 0 saturated carbocycles. The summed E-state index contributed by atoms with van der Waals surface area (Å²) in [6.45, 7) is 3.18. The number of hydrogen-bond donors (Lipinski definition) is 1. The fourth-order valence-electron chi connectivity index (χ4n) is 2.93. The number of halogens is 1. The maximum Gasteiger partial charge on any atom is 0.339 e. The highest BCUT2D eigenvalue weighted by Gasteiger charge is 2.28. The molecule has 1 aliphatic rings. The number of rotatable bonds is 4. The van der Waals surface area contributed by atoms with Crippen LogP contribution in [0.1, 0.15) is 26.4 Å². The number of aromatic carboxylic acids is 1. The van der Waals surface area contributed by atoms with E-state index in [2.05, 4.69) is 10.00 Å². The number of carbonyl (C=O) groups is 2. The van der Waals surface area contributed by atoms with Gasteiger partial charge in [0.15, 0.2) is 5.69 Å². The smallest absolute Gasteiger partial charge is 0.339 e. The van der Waals surface area contributed by atoms with Gasteiger partial charge in [-0.2, -0.15) is 5.10 Å². The molecule has 1 N–H and O–H groups in total. The molecule has 1 aliphatic heterocycles. The predicted octanol–water partition coefficient (Wildman–Crippen LogP) is 1.73. The number of piperazine rings is 1. The lowest BCUT2D eigenvalue weighted by atomic mass is 10.2. The molecule has 1 aromatic heterocycles. The van der Waals surface area contributed by atoms with E-state index < -0.39 is 5.97 Å². The van der Waals surface area contributed by atoms with Gasteiger partial charge < -0.3 is 10.0 Å². The van der Waals surface area contributed by atoms with Gasteiger partial charge in [0.05, 0.1) is 0 Å². The molecular formula is C17H19ClN4O3. The Balaban J connectivity index is 1.63. The minimum Gasteiger partial charge on any atom is -0.478 e. The molecule has 0 radical (unpaired) electrons. The molecule has 0 aliphatic carbocycles. The lowest BCUT2D eigenvalue weighted by Crippen LogP contribution is -2.48. The SMILES string of the molecule is Cn1cc(C(=O)O)c(C(=O)N2CCN(Cc3ccccc3Cl)CC2)n1. The van der Waals surface area contributed by atoms with Crippen LogP contribution in [0, 0.1) is 0 Å². The summed E-state index contributed by atoms with van der Waals surface area (Å²) in [4.78, 5) is 27.7. The van der Waals surface area contributed by atoms with Crippen LogP contribution in [0.3, 0.4) is 0 Å². The second-order valence-electron chi connectivity index (χ2n) is 6.03. The zero-order valence-electron chi connectivity index (χ0n) is 13.9. The van der Waals surface area contributed by atoms with Crippen molar-refractivity contribution in [2.45, 2.75) is 6.54 Å². The van der Waals surface area contributed by atoms with Crippen molar-refractivity contribution in [3.8, 4) is 0 Å². The quantitative estimate of drug-likeness (QED) is 0.896. The molecule has 8 heteroatoms. The highest BCUT2D eigenvalue weighted by atomic mass is 35.5. The summed E-state index contributed by atoms with van der Waals surface area (Å²) < 4.78 is 1.35. The van der Waals surface area contributed by atoms with Gasteiger partial charge in [0.1, 0.15) is 5.56 Å². The van der Waals surface area contributed by atoms with Gasteiger partial charge >= 0.3 is 5.97 Å². The summed E-state index contributed by atoms with van der Waals surface area (Å²) in [5.41, 5.74) is 0.988. The minimum atomic E-state index is -1.14. The van der Waals surface area contributed by atoms with Crippen LogP contribution in [-0.2, 0) is 13.6 Å². The van der Waals surface area contributed by atoms with E-state index in [9.17, 15) is 14.7 Å². The Morgan fingerprint density at radius 2 is 1.88 bits per heavy atom. The maximum atomic E-state index is 12.6. The van der Waals surface area contributed by atoms with Gasteiger partial charge in [-0.1, -0.05) is 29.8 Å². The van der Waals surface area contributed by atoms with Crippen molar-refractivity contribution in [2.75, 3.05) is 26.2 Å². The second-order valence-corrected chi connectivity index (χ2v) is 6.44. The molecule has 0 unspecified atom stereocenters. The number of aryl methyl sites for hydroxylation is 1. The normalized spacial score (nSPS) is 15.4. The zero-order chi connectivity index (χ0) is 18.0. The molecule has 0 bridgehead atoms. The molecule has 1 amide bonds. The van der Waals surface area contributed by atoms with Crippen LogP contribution in [-0.4, -0.2) is 62.7 Å². The highest BCUT2D eigenvalue weighted by Crippen LogP contribution is 2.18. The van der Waals surface area contributed by atoms with Crippen LogP contribution in [0.5, 0.6) is 0 Å². The van der Waals surface area contributed by atoms with Gasteiger partial charge in [-0.3, -0.25) is 14.4 Å². The number of carboxylic acid groups (broad SMARTS) is 1. The molecule has 2 heterocycles. The van der Waals surface area contributed by atoms with Crippen LogP contribution in [0.25, 0.3) is 0 Å². The van der Waals surface area contributed by atoms with Crippen LogP contribution in [0.2, 0.25) is 5.02 Å². The molecule has 132 valence electrons. The third kappa shape index (κ3) is 3.83. The highest BCUT2D eigenvalue weighted by molar-refractivity contribution is 6.31. The van der Waals surface area contributed by atoms with E-state index in [4.69, 9.17) is 11.6 Å². The summed E-state index contributed by atoms with van der Waals surface area (Å²) in [7, 11) is 1.60. The Hall–Kier alpha value is -2.38. The van der Waals surface area contributed by atoms with Gasteiger partial charge in [-0.15, -0.1) is 0 Å². The van der Waals surface area contributed by atoms with E-state index in [1.54, 1.807) is 11.9 Å². The van der Waals surface area contributed by atoms with E-state index in [0.29, 0.717) is 26.2 Å². The summed E-state index contributed by atoms with van der Waals surface area (Å²) in [5.74, 6) is -1.48. The predicted molar refractivity (Wildman–Crippen MR) is 92.8 cm³/mol. The first-order valence-corrected chi connectivity index (χ1v) is 8.35. The van der Waals surface area contributed by atoms with Gasteiger partial charge in [-0.05, 0) is 11.6 Å². The lowest BCUT2D eigenvalue weighted by molar-refractivity contribution is 0.0604. The number of benzene rings is 1. The van der Waals surface area contributed by atoms with Crippen molar-refractivity contribution in [3.63, 3.8) is 0 Å². The Bertz CT molecular complexity index is 797. The topological polar surface area (TPSA) is 78.7 Å². The third-order valence-electron chi connectivity index (χ3n) is 4.27. The van der Waals surface area contributed by atoms with E-state index in [0.717, 1.165) is 17.1 Å². The minimum absolute atomic E-state index is 0.00504. The molecule has 0 atom stereocenters. The maximum absolute atomic E-state index is 12.6. The molecule has 25 heavy (non-hydrogen) atoms. The van der Waals surface area contributed by atoms with Gasteiger partial charge in [-0.25, -0.2) is 4.79 Å². The van der Waals surface area contributed by atoms with Crippen molar-refractivity contribution < 1.29 is 14.7 Å². The van der Waals surface area contributed by atoms with Crippen molar-refractivity contribution in [1.82, 2.24) is 19.6 Å². The molecule has 0 spiro atoms. The summed E-state index contributed by atoms with van der Waals surface area (Å²) in [6.07, 6.45) is 1.35. The van der Waals surface area contributed by atoms with Crippen LogP contribution in [0.15, 0.2) is 30.5 Å². The fraction of sp³-hybridized carbons (Fsp3) is 0.353. The van der Waals surface area contributed by atoms with Crippen molar-refractivity contribution in [2.24, 2.45) is 7.05 Å². The Kier molecular flexibility index (Phi) is 5.06. The Labute approximate surface area is 150 Å². The molecular weight excluding hydrogens is 344 g/mol. The van der Waals surface area contributed by atoms with Crippen LogP contribution in [0.4, 0.5) is 0 Å². The number of carboxylic acids is 1. The van der Waals surface area contributed by atoms with Crippen LogP contribution >= 0.6 is 11.6 Å². The van der Waals surface area contributed by atoms with E-state index in [1.165, 1.54) is 10.9 Å². The largest absolute Gasteiger partial charge is 0.478 e.